The minimum Gasteiger partial charge on any atom is -0.394 e. The number of aromatic nitrogens is 2. The van der Waals surface area contributed by atoms with E-state index < -0.39 is 35.9 Å². The van der Waals surface area contributed by atoms with Gasteiger partial charge in [0.25, 0.3) is 11.5 Å². The van der Waals surface area contributed by atoms with Crippen LogP contribution in [0, 0.1) is 0 Å². The Labute approximate surface area is 95.3 Å². The number of amides is 1. The maximum absolute atomic E-state index is 11.6. The van der Waals surface area contributed by atoms with Gasteiger partial charge in [0.1, 0.15) is 5.56 Å². The third-order valence-corrected chi connectivity index (χ3v) is 2.18. The van der Waals surface area contributed by atoms with E-state index in [-0.39, 0.29) is 5.56 Å². The molecule has 1 aromatic rings. The second-order valence-corrected chi connectivity index (χ2v) is 3.82. The molecule has 0 aliphatic carbocycles. The Morgan fingerprint density at radius 3 is 2.47 bits per heavy atom. The summed E-state index contributed by atoms with van der Waals surface area (Å²) in [4.78, 5) is 37.7. The van der Waals surface area contributed by atoms with Crippen LogP contribution in [0.5, 0.6) is 0 Å². The summed E-state index contributed by atoms with van der Waals surface area (Å²) in [7, 11) is 0. The highest BCUT2D eigenvalue weighted by Crippen LogP contribution is 2.01. The molecule has 5 N–H and O–H groups in total. The predicted molar refractivity (Wildman–Crippen MR) is 57.7 cm³/mol. The molecule has 0 saturated heterocycles. The summed E-state index contributed by atoms with van der Waals surface area (Å²) < 4.78 is 0. The fourth-order valence-electron chi connectivity index (χ4n) is 1.05. The molecule has 0 fully saturated rings. The van der Waals surface area contributed by atoms with Crippen molar-refractivity contribution in [3.05, 3.63) is 32.6 Å². The van der Waals surface area contributed by atoms with Crippen LogP contribution >= 0.6 is 0 Å². The average Bonchev–Trinajstić information content (AvgIpc) is 2.28. The second kappa shape index (κ2) is 4.93. The normalized spacial score (nSPS) is 11.2. The zero-order chi connectivity index (χ0) is 13.1. The number of aromatic amines is 2. The smallest absolute Gasteiger partial charge is 0.325 e. The molecule has 8 nitrogen and oxygen atoms in total. The van der Waals surface area contributed by atoms with Crippen molar-refractivity contribution in [2.24, 2.45) is 0 Å². The first kappa shape index (κ1) is 13.1. The van der Waals surface area contributed by atoms with Gasteiger partial charge in [0, 0.05) is 6.20 Å². The monoisotopic (exact) mass is 243 g/mol. The lowest BCUT2D eigenvalue weighted by Crippen LogP contribution is -2.52. The van der Waals surface area contributed by atoms with E-state index in [0.29, 0.717) is 0 Å². The number of nitrogens with one attached hydrogen (secondary N) is 3. The molecule has 0 unspecified atom stereocenters. The molecular formula is C9H13N3O5. The number of H-pyrrole nitrogens is 2. The molecule has 0 spiro atoms. The molecule has 0 aromatic carbocycles. The highest BCUT2D eigenvalue weighted by Gasteiger charge is 2.26. The third kappa shape index (κ3) is 3.02. The number of hydrogen-bond acceptors (Lipinski definition) is 5. The van der Waals surface area contributed by atoms with E-state index in [2.05, 4.69) is 10.3 Å². The lowest BCUT2D eigenvalue weighted by molar-refractivity contribution is 0.0722. The standard InChI is InChI=1S/C9H13N3O5/c1-9(3-13,4-14)12-7(16)5-2-10-8(17)11-6(5)15/h2,13-14H,3-4H2,1H3,(H,12,16)(H2,10,11,15,17). The summed E-state index contributed by atoms with van der Waals surface area (Å²) in [5.41, 5.74) is -3.11. The second-order valence-electron chi connectivity index (χ2n) is 3.82. The Kier molecular flexibility index (Phi) is 3.81. The van der Waals surface area contributed by atoms with Gasteiger partial charge >= 0.3 is 5.69 Å². The molecular weight excluding hydrogens is 230 g/mol. The summed E-state index contributed by atoms with van der Waals surface area (Å²) >= 11 is 0. The van der Waals surface area contributed by atoms with E-state index >= 15 is 0 Å². The van der Waals surface area contributed by atoms with E-state index in [1.807, 2.05) is 4.98 Å². The molecule has 1 aromatic heterocycles. The molecule has 0 aliphatic rings. The van der Waals surface area contributed by atoms with Gasteiger partial charge < -0.3 is 20.5 Å². The van der Waals surface area contributed by atoms with Gasteiger partial charge in [0.05, 0.1) is 18.8 Å². The van der Waals surface area contributed by atoms with E-state index in [1.54, 1.807) is 0 Å². The third-order valence-electron chi connectivity index (χ3n) is 2.18. The van der Waals surface area contributed by atoms with Crippen molar-refractivity contribution in [2.45, 2.75) is 12.5 Å². The summed E-state index contributed by atoms with van der Waals surface area (Å²) in [6.45, 7) is 0.428. The summed E-state index contributed by atoms with van der Waals surface area (Å²) in [5.74, 6) is -0.798. The van der Waals surface area contributed by atoms with Crippen molar-refractivity contribution in [1.29, 1.82) is 0 Å². The average molecular weight is 243 g/mol. The predicted octanol–water partition coefficient (Wildman–Crippen LogP) is -2.46. The van der Waals surface area contributed by atoms with Gasteiger partial charge in [-0.1, -0.05) is 0 Å². The molecule has 0 saturated carbocycles. The highest BCUT2D eigenvalue weighted by molar-refractivity contribution is 5.93. The molecule has 0 radical (unpaired) electrons. The van der Waals surface area contributed by atoms with Crippen LogP contribution in [-0.4, -0.2) is 44.8 Å². The van der Waals surface area contributed by atoms with Gasteiger partial charge in [0.2, 0.25) is 0 Å². The maximum atomic E-state index is 11.6. The minimum atomic E-state index is -1.24. The van der Waals surface area contributed by atoms with Gasteiger partial charge in [-0.3, -0.25) is 14.6 Å². The Morgan fingerprint density at radius 2 is 2.00 bits per heavy atom. The largest absolute Gasteiger partial charge is 0.394 e. The lowest BCUT2D eigenvalue weighted by atomic mass is 10.1. The Balaban J connectivity index is 2.98. The van der Waals surface area contributed by atoms with Crippen LogP contribution < -0.4 is 16.6 Å². The Bertz CT molecular complexity index is 514. The summed E-state index contributed by atoms with van der Waals surface area (Å²) in [5, 5.41) is 20.2. The lowest BCUT2D eigenvalue weighted by Gasteiger charge is -2.25. The highest BCUT2D eigenvalue weighted by atomic mass is 16.3. The first-order valence-corrected chi connectivity index (χ1v) is 4.78. The maximum Gasteiger partial charge on any atom is 0.325 e. The Hall–Kier alpha value is -1.93. The van der Waals surface area contributed by atoms with Crippen LogP contribution in [0.1, 0.15) is 17.3 Å². The van der Waals surface area contributed by atoms with Gasteiger partial charge in [-0.2, -0.15) is 0 Å². The molecule has 0 aliphatic heterocycles. The fraction of sp³-hybridized carbons (Fsp3) is 0.444. The van der Waals surface area contributed by atoms with Crippen LogP contribution in [0.4, 0.5) is 0 Å². The zero-order valence-electron chi connectivity index (χ0n) is 9.11. The van der Waals surface area contributed by atoms with Crippen LogP contribution in [0.25, 0.3) is 0 Å². The van der Waals surface area contributed by atoms with Crippen molar-refractivity contribution >= 4 is 5.91 Å². The van der Waals surface area contributed by atoms with Crippen LogP contribution in [0.2, 0.25) is 0 Å². The van der Waals surface area contributed by atoms with Crippen LogP contribution in [-0.2, 0) is 0 Å². The van der Waals surface area contributed by atoms with Crippen molar-refractivity contribution in [1.82, 2.24) is 15.3 Å². The summed E-state index contributed by atoms with van der Waals surface area (Å²) in [6.07, 6.45) is 0.964. The van der Waals surface area contributed by atoms with Gasteiger partial charge in [-0.15, -0.1) is 0 Å². The number of hydrogen-bond donors (Lipinski definition) is 5. The Morgan fingerprint density at radius 1 is 1.41 bits per heavy atom. The van der Waals surface area contributed by atoms with Crippen molar-refractivity contribution in [2.75, 3.05) is 13.2 Å². The summed E-state index contributed by atoms with van der Waals surface area (Å²) in [6, 6.07) is 0. The van der Waals surface area contributed by atoms with Crippen LogP contribution in [0.15, 0.2) is 15.8 Å². The van der Waals surface area contributed by atoms with Gasteiger partial charge in [-0.05, 0) is 6.92 Å². The van der Waals surface area contributed by atoms with E-state index in [1.165, 1.54) is 6.92 Å². The van der Waals surface area contributed by atoms with Crippen molar-refractivity contribution in [3.8, 4) is 0 Å². The molecule has 0 atom stereocenters. The van der Waals surface area contributed by atoms with E-state index in [4.69, 9.17) is 10.2 Å². The fourth-order valence-corrected chi connectivity index (χ4v) is 1.05. The molecule has 8 heteroatoms. The van der Waals surface area contributed by atoms with E-state index in [9.17, 15) is 14.4 Å². The minimum absolute atomic E-state index is 0.308. The molecule has 0 bridgehead atoms. The zero-order valence-corrected chi connectivity index (χ0v) is 9.11. The van der Waals surface area contributed by atoms with E-state index in [0.717, 1.165) is 6.20 Å². The molecule has 1 heterocycles. The topological polar surface area (TPSA) is 135 Å². The number of aliphatic hydroxyl groups is 2. The SMILES string of the molecule is CC(CO)(CO)NC(=O)c1c[nH]c(=O)[nH]c1=O. The quantitative estimate of drug-likeness (QED) is 0.399. The van der Waals surface area contributed by atoms with Gasteiger partial charge in [0.15, 0.2) is 0 Å². The molecule has 17 heavy (non-hydrogen) atoms. The first-order chi connectivity index (χ1) is 7.91. The van der Waals surface area contributed by atoms with Crippen molar-refractivity contribution in [3.63, 3.8) is 0 Å². The number of aliphatic hydroxyl groups excluding tert-OH is 2. The van der Waals surface area contributed by atoms with Gasteiger partial charge in [-0.25, -0.2) is 4.79 Å². The number of carbonyl (C=O) groups excluding carboxylic acids is 1. The number of carbonyl (C=O) groups is 1. The molecule has 1 rings (SSSR count). The first-order valence-electron chi connectivity index (χ1n) is 4.78. The van der Waals surface area contributed by atoms with Crippen molar-refractivity contribution < 1.29 is 15.0 Å². The molecule has 1 amide bonds. The molecule has 94 valence electrons. The number of rotatable bonds is 4. The van der Waals surface area contributed by atoms with Crippen LogP contribution in [0.3, 0.4) is 0 Å².